The van der Waals surface area contributed by atoms with Crippen molar-refractivity contribution in [3.8, 4) is 5.69 Å². The molecule has 1 saturated heterocycles. The molecule has 1 atom stereocenters. The Labute approximate surface area is 188 Å². The molecule has 0 N–H and O–H groups in total. The number of hydrogen-bond donors (Lipinski definition) is 0. The fourth-order valence-electron chi connectivity index (χ4n) is 4.14. The number of halogens is 5. The standard InChI is InChI=1S/C22H16F5N5O2/c23-12-1-4-16-14(11-12)30-18(34-16)6-5-17-22(26,27)7-10-31(17)21(33)19-15(32-28-8-9-29-32)3-2-13(24)20(19)25/h1-4,8-9,11,17H,5-7,10H2/t17-/m1/s1. The van der Waals surface area contributed by atoms with Gasteiger partial charge in [-0.25, -0.2) is 26.9 Å². The molecule has 3 heterocycles. The number of likely N-dealkylation sites (tertiary alicyclic amines) is 1. The SMILES string of the molecule is O=C(c1c(-n2nccn2)ccc(F)c1F)N1CCC(F)(F)[C@H]1CCc1nc2cc(F)ccc2o1. The first-order valence-corrected chi connectivity index (χ1v) is 10.3. The van der Waals surface area contributed by atoms with E-state index in [0.717, 1.165) is 27.9 Å². The molecule has 4 aromatic rings. The Kier molecular flexibility index (Phi) is 5.29. The molecule has 0 saturated carbocycles. The Hall–Kier alpha value is -3.83. The van der Waals surface area contributed by atoms with Crippen LogP contribution in [0.1, 0.15) is 29.1 Å². The van der Waals surface area contributed by atoms with E-state index in [1.807, 2.05) is 0 Å². The van der Waals surface area contributed by atoms with E-state index in [2.05, 4.69) is 15.2 Å². The third-order valence-corrected chi connectivity index (χ3v) is 5.76. The van der Waals surface area contributed by atoms with E-state index < -0.39 is 47.3 Å². The highest BCUT2D eigenvalue weighted by molar-refractivity contribution is 5.98. The number of rotatable bonds is 5. The number of alkyl halides is 2. The van der Waals surface area contributed by atoms with Gasteiger partial charge in [0, 0.05) is 25.5 Å². The Morgan fingerprint density at radius 3 is 2.65 bits per heavy atom. The molecule has 0 bridgehead atoms. The number of amides is 1. The summed E-state index contributed by atoms with van der Waals surface area (Å²) in [4.78, 5) is 19.1. The minimum Gasteiger partial charge on any atom is -0.441 e. The monoisotopic (exact) mass is 477 g/mol. The van der Waals surface area contributed by atoms with Crippen LogP contribution < -0.4 is 0 Å². The molecule has 1 aliphatic heterocycles. The second-order valence-electron chi connectivity index (χ2n) is 7.86. The van der Waals surface area contributed by atoms with Crippen molar-refractivity contribution >= 4 is 17.0 Å². The van der Waals surface area contributed by atoms with E-state index in [1.165, 1.54) is 24.5 Å². The van der Waals surface area contributed by atoms with Crippen molar-refractivity contribution in [1.29, 1.82) is 0 Å². The summed E-state index contributed by atoms with van der Waals surface area (Å²) < 4.78 is 77.1. The summed E-state index contributed by atoms with van der Waals surface area (Å²) in [6, 6.07) is 4.00. The van der Waals surface area contributed by atoms with Crippen molar-refractivity contribution in [1.82, 2.24) is 24.9 Å². The highest BCUT2D eigenvalue weighted by Crippen LogP contribution is 2.38. The van der Waals surface area contributed by atoms with Crippen LogP contribution in [0.15, 0.2) is 47.1 Å². The van der Waals surface area contributed by atoms with Gasteiger partial charge in [-0.3, -0.25) is 4.79 Å². The zero-order valence-corrected chi connectivity index (χ0v) is 17.4. The number of aromatic nitrogens is 4. The van der Waals surface area contributed by atoms with Gasteiger partial charge in [-0.1, -0.05) is 0 Å². The lowest BCUT2D eigenvalue weighted by Gasteiger charge is -2.28. The van der Waals surface area contributed by atoms with Gasteiger partial charge in [0.2, 0.25) is 0 Å². The van der Waals surface area contributed by atoms with Gasteiger partial charge in [0.25, 0.3) is 11.8 Å². The highest BCUT2D eigenvalue weighted by atomic mass is 19.3. The lowest BCUT2D eigenvalue weighted by Crippen LogP contribution is -2.43. The van der Waals surface area contributed by atoms with Crippen LogP contribution in [0.4, 0.5) is 22.0 Å². The van der Waals surface area contributed by atoms with Crippen LogP contribution in [0.5, 0.6) is 0 Å². The Bertz CT molecular complexity index is 1370. The van der Waals surface area contributed by atoms with Crippen molar-refractivity contribution in [3.05, 3.63) is 71.6 Å². The quantitative estimate of drug-likeness (QED) is 0.401. The van der Waals surface area contributed by atoms with Crippen LogP contribution >= 0.6 is 0 Å². The van der Waals surface area contributed by atoms with Crippen LogP contribution in [0, 0.1) is 17.5 Å². The van der Waals surface area contributed by atoms with Gasteiger partial charge in [0.1, 0.15) is 22.6 Å². The van der Waals surface area contributed by atoms with E-state index in [0.29, 0.717) is 5.58 Å². The molecule has 7 nitrogen and oxygen atoms in total. The lowest BCUT2D eigenvalue weighted by molar-refractivity contribution is -0.0324. The van der Waals surface area contributed by atoms with Crippen molar-refractivity contribution in [2.75, 3.05) is 6.54 Å². The van der Waals surface area contributed by atoms with Crippen molar-refractivity contribution < 1.29 is 31.2 Å². The molecule has 176 valence electrons. The van der Waals surface area contributed by atoms with E-state index in [9.17, 15) is 26.7 Å². The van der Waals surface area contributed by atoms with E-state index in [-0.39, 0.29) is 36.5 Å². The molecule has 1 fully saturated rings. The molecule has 1 aliphatic rings. The normalized spacial score (nSPS) is 17.6. The third kappa shape index (κ3) is 3.78. The Morgan fingerprint density at radius 2 is 1.88 bits per heavy atom. The number of hydrogen-bond acceptors (Lipinski definition) is 5. The maximum Gasteiger partial charge on any atom is 0.269 e. The number of nitrogens with zero attached hydrogens (tertiary/aromatic N) is 5. The topological polar surface area (TPSA) is 77.1 Å². The second-order valence-corrected chi connectivity index (χ2v) is 7.86. The summed E-state index contributed by atoms with van der Waals surface area (Å²) >= 11 is 0. The van der Waals surface area contributed by atoms with Crippen molar-refractivity contribution in [2.45, 2.75) is 31.2 Å². The maximum atomic E-state index is 14.8. The summed E-state index contributed by atoms with van der Waals surface area (Å²) in [5, 5.41) is 7.66. The Balaban J connectivity index is 1.45. The maximum absolute atomic E-state index is 14.8. The zero-order valence-electron chi connectivity index (χ0n) is 17.4. The molecular weight excluding hydrogens is 461 g/mol. The summed E-state index contributed by atoms with van der Waals surface area (Å²) in [5.41, 5.74) is -0.389. The number of carbonyl (C=O) groups excluding carboxylic acids is 1. The molecule has 5 rings (SSSR count). The molecule has 2 aromatic carbocycles. The number of aryl methyl sites for hydroxylation is 1. The van der Waals surface area contributed by atoms with Crippen LogP contribution in [0.2, 0.25) is 0 Å². The fraction of sp³-hybridized carbons (Fsp3) is 0.273. The molecule has 12 heteroatoms. The minimum atomic E-state index is -3.28. The summed E-state index contributed by atoms with van der Waals surface area (Å²) in [6.45, 7) is -0.364. The van der Waals surface area contributed by atoms with E-state index in [1.54, 1.807) is 0 Å². The van der Waals surface area contributed by atoms with Gasteiger partial charge in [0.15, 0.2) is 23.1 Å². The molecule has 0 radical (unpaired) electrons. The van der Waals surface area contributed by atoms with E-state index >= 15 is 0 Å². The summed E-state index contributed by atoms with van der Waals surface area (Å²) in [5.74, 6) is -7.59. The first-order valence-electron chi connectivity index (χ1n) is 10.3. The molecule has 34 heavy (non-hydrogen) atoms. The predicted octanol–water partition coefficient (Wildman–Crippen LogP) is 4.31. The smallest absolute Gasteiger partial charge is 0.269 e. The molecule has 1 amide bonds. The fourth-order valence-corrected chi connectivity index (χ4v) is 4.14. The van der Waals surface area contributed by atoms with Crippen LogP contribution in [0.3, 0.4) is 0 Å². The first kappa shape index (κ1) is 22.0. The molecule has 2 aromatic heterocycles. The van der Waals surface area contributed by atoms with E-state index in [4.69, 9.17) is 4.42 Å². The Morgan fingerprint density at radius 1 is 1.12 bits per heavy atom. The van der Waals surface area contributed by atoms with Gasteiger partial charge in [-0.05, 0) is 30.7 Å². The van der Waals surface area contributed by atoms with Gasteiger partial charge in [-0.2, -0.15) is 15.0 Å². The largest absolute Gasteiger partial charge is 0.441 e. The molecule has 0 spiro atoms. The molecule has 0 unspecified atom stereocenters. The average molecular weight is 477 g/mol. The van der Waals surface area contributed by atoms with Crippen LogP contribution in [-0.4, -0.2) is 49.3 Å². The zero-order chi connectivity index (χ0) is 24.0. The predicted molar refractivity (Wildman–Crippen MR) is 108 cm³/mol. The number of benzene rings is 2. The third-order valence-electron chi connectivity index (χ3n) is 5.76. The van der Waals surface area contributed by atoms with Gasteiger partial charge in [-0.15, -0.1) is 0 Å². The number of oxazole rings is 1. The minimum absolute atomic E-state index is 0.0838. The summed E-state index contributed by atoms with van der Waals surface area (Å²) in [6.07, 6.45) is 1.55. The van der Waals surface area contributed by atoms with Gasteiger partial charge >= 0.3 is 0 Å². The van der Waals surface area contributed by atoms with Crippen molar-refractivity contribution in [3.63, 3.8) is 0 Å². The molecule has 0 aliphatic carbocycles. The van der Waals surface area contributed by atoms with Crippen LogP contribution in [-0.2, 0) is 6.42 Å². The van der Waals surface area contributed by atoms with Gasteiger partial charge in [0.05, 0.1) is 18.4 Å². The number of fused-ring (bicyclic) bond motifs is 1. The average Bonchev–Trinajstić information content (AvgIpc) is 3.52. The second kappa shape index (κ2) is 8.19. The van der Waals surface area contributed by atoms with Crippen molar-refractivity contribution in [2.24, 2.45) is 0 Å². The summed E-state index contributed by atoms with van der Waals surface area (Å²) in [7, 11) is 0. The molecular formula is C22H16F5N5O2. The number of carbonyl (C=O) groups is 1. The highest BCUT2D eigenvalue weighted by Gasteiger charge is 2.51. The lowest BCUT2D eigenvalue weighted by atomic mass is 10.0. The van der Waals surface area contributed by atoms with Crippen LogP contribution in [0.25, 0.3) is 16.8 Å². The van der Waals surface area contributed by atoms with Gasteiger partial charge < -0.3 is 9.32 Å². The first-order chi connectivity index (χ1) is 16.2.